The van der Waals surface area contributed by atoms with Crippen molar-refractivity contribution in [3.05, 3.63) is 84.2 Å². The molecule has 0 fully saturated rings. The Bertz CT molecular complexity index is 1530. The van der Waals surface area contributed by atoms with E-state index in [4.69, 9.17) is 4.74 Å². The summed E-state index contributed by atoms with van der Waals surface area (Å²) >= 11 is 0. The predicted molar refractivity (Wildman–Crippen MR) is 120 cm³/mol. The number of aromatic nitrogens is 5. The molecular formula is C23H19N5O3S. The molecule has 2 aromatic carbocycles. The number of ether oxygens (including phenoxy) is 1. The molecule has 3 heterocycles. The summed E-state index contributed by atoms with van der Waals surface area (Å²) in [4.78, 5) is 9.12. The Hall–Kier alpha value is -3.85. The van der Waals surface area contributed by atoms with Gasteiger partial charge in [-0.2, -0.15) is 0 Å². The SMILES string of the molecule is COc1ccc(S(=O)(=O)Cc2ccc3nnn(Cc4ccc5ncccc5c4)c3n2)cc1. The second kappa shape index (κ2) is 8.01. The maximum absolute atomic E-state index is 12.9. The second-order valence-corrected chi connectivity index (χ2v) is 9.35. The van der Waals surface area contributed by atoms with Crippen LogP contribution in [0.1, 0.15) is 11.3 Å². The van der Waals surface area contributed by atoms with E-state index in [0.717, 1.165) is 16.5 Å². The van der Waals surface area contributed by atoms with Gasteiger partial charge in [0.2, 0.25) is 0 Å². The topological polar surface area (TPSA) is 99.9 Å². The molecule has 0 aliphatic rings. The Morgan fingerprint density at radius 1 is 0.969 bits per heavy atom. The lowest BCUT2D eigenvalue weighted by Gasteiger charge is -2.07. The highest BCUT2D eigenvalue weighted by Gasteiger charge is 2.18. The first-order chi connectivity index (χ1) is 15.5. The average Bonchev–Trinajstić information content (AvgIpc) is 3.20. The standard InChI is InChI=1S/C23H19N5O3S/c1-31-19-6-8-20(9-7-19)32(29,30)15-18-5-11-22-23(25-18)28(27-26-22)14-16-4-10-21-17(13-16)3-2-12-24-21/h2-13H,14-15H2,1H3. The van der Waals surface area contributed by atoms with Crippen molar-refractivity contribution < 1.29 is 13.2 Å². The number of rotatable bonds is 6. The molecule has 3 aromatic heterocycles. The molecule has 0 aliphatic heterocycles. The zero-order chi connectivity index (χ0) is 22.1. The fourth-order valence-electron chi connectivity index (χ4n) is 3.54. The van der Waals surface area contributed by atoms with Crippen molar-refractivity contribution in [2.75, 3.05) is 7.11 Å². The number of benzene rings is 2. The molecule has 0 saturated carbocycles. The third-order valence-corrected chi connectivity index (χ3v) is 6.84. The maximum Gasteiger partial charge on any atom is 0.184 e. The van der Waals surface area contributed by atoms with Crippen LogP contribution in [0, 0.1) is 0 Å². The van der Waals surface area contributed by atoms with Crippen molar-refractivity contribution in [3.8, 4) is 5.75 Å². The van der Waals surface area contributed by atoms with Gasteiger partial charge in [0.15, 0.2) is 15.5 Å². The highest BCUT2D eigenvalue weighted by Crippen LogP contribution is 2.21. The summed E-state index contributed by atoms with van der Waals surface area (Å²) in [6, 6.07) is 19.6. The van der Waals surface area contributed by atoms with Gasteiger partial charge >= 0.3 is 0 Å². The zero-order valence-corrected chi connectivity index (χ0v) is 18.0. The molecule has 0 bridgehead atoms. The van der Waals surface area contributed by atoms with E-state index in [1.54, 1.807) is 35.1 Å². The largest absolute Gasteiger partial charge is 0.497 e. The molecule has 0 spiro atoms. The molecule has 160 valence electrons. The van der Waals surface area contributed by atoms with Gasteiger partial charge in [0.1, 0.15) is 11.3 Å². The van der Waals surface area contributed by atoms with Crippen LogP contribution in [-0.2, 0) is 22.1 Å². The lowest BCUT2D eigenvalue weighted by Crippen LogP contribution is -2.08. The zero-order valence-electron chi connectivity index (χ0n) is 17.2. The molecule has 5 aromatic rings. The Labute approximate surface area is 184 Å². The normalized spacial score (nSPS) is 11.8. The van der Waals surface area contributed by atoms with Gasteiger partial charge in [0.25, 0.3) is 0 Å². The minimum Gasteiger partial charge on any atom is -0.497 e. The van der Waals surface area contributed by atoms with Gasteiger partial charge < -0.3 is 4.74 Å². The van der Waals surface area contributed by atoms with Crippen LogP contribution in [0.4, 0.5) is 0 Å². The van der Waals surface area contributed by atoms with Crippen LogP contribution in [-0.4, -0.2) is 40.5 Å². The molecule has 0 saturated heterocycles. The highest BCUT2D eigenvalue weighted by molar-refractivity contribution is 7.90. The molecule has 5 rings (SSSR count). The molecule has 0 unspecified atom stereocenters. The van der Waals surface area contributed by atoms with Gasteiger partial charge in [-0.3, -0.25) is 4.98 Å². The van der Waals surface area contributed by atoms with E-state index in [-0.39, 0.29) is 10.6 Å². The average molecular weight is 446 g/mol. The molecule has 0 N–H and O–H groups in total. The van der Waals surface area contributed by atoms with Crippen molar-refractivity contribution in [1.82, 2.24) is 25.0 Å². The highest BCUT2D eigenvalue weighted by atomic mass is 32.2. The number of hydrogen-bond donors (Lipinski definition) is 0. The summed E-state index contributed by atoms with van der Waals surface area (Å²) in [7, 11) is -2.02. The minimum atomic E-state index is -3.56. The quantitative estimate of drug-likeness (QED) is 0.395. The van der Waals surface area contributed by atoms with Gasteiger partial charge in [-0.25, -0.2) is 18.1 Å². The summed E-state index contributed by atoms with van der Waals surface area (Å²) in [6.45, 7) is 0.461. The van der Waals surface area contributed by atoms with E-state index >= 15 is 0 Å². The van der Waals surface area contributed by atoms with Crippen molar-refractivity contribution in [2.45, 2.75) is 17.2 Å². The molecule has 0 amide bonds. The van der Waals surface area contributed by atoms with E-state index < -0.39 is 9.84 Å². The van der Waals surface area contributed by atoms with Crippen molar-refractivity contribution in [3.63, 3.8) is 0 Å². The third kappa shape index (κ3) is 3.90. The first-order valence-electron chi connectivity index (χ1n) is 9.91. The fraction of sp³-hybridized carbons (Fsp3) is 0.130. The smallest absolute Gasteiger partial charge is 0.184 e. The first-order valence-corrected chi connectivity index (χ1v) is 11.6. The van der Waals surface area contributed by atoms with Crippen LogP contribution in [0.5, 0.6) is 5.75 Å². The number of hydrogen-bond acceptors (Lipinski definition) is 7. The summed E-state index contributed by atoms with van der Waals surface area (Å²) in [5.41, 5.74) is 3.52. The Balaban J connectivity index is 1.43. The molecule has 9 heteroatoms. The summed E-state index contributed by atoms with van der Waals surface area (Å²) in [5.74, 6) is 0.380. The number of fused-ring (bicyclic) bond motifs is 2. The number of sulfone groups is 1. The van der Waals surface area contributed by atoms with Crippen molar-refractivity contribution in [2.24, 2.45) is 0 Å². The lowest BCUT2D eigenvalue weighted by molar-refractivity contribution is 0.414. The Morgan fingerprint density at radius 2 is 1.78 bits per heavy atom. The number of nitrogens with zero attached hydrogens (tertiary/aromatic N) is 5. The minimum absolute atomic E-state index is 0.219. The maximum atomic E-state index is 12.9. The molecule has 32 heavy (non-hydrogen) atoms. The van der Waals surface area contributed by atoms with Gasteiger partial charge in [-0.15, -0.1) is 5.10 Å². The van der Waals surface area contributed by atoms with E-state index in [1.807, 2.05) is 30.3 Å². The summed E-state index contributed by atoms with van der Waals surface area (Å²) < 4.78 is 32.5. The first kappa shape index (κ1) is 20.1. The lowest BCUT2D eigenvalue weighted by atomic mass is 10.1. The molecule has 8 nitrogen and oxygen atoms in total. The van der Waals surface area contributed by atoms with E-state index in [9.17, 15) is 8.42 Å². The Kier molecular flexibility index (Phi) is 5.02. The molecular weight excluding hydrogens is 426 g/mol. The number of methoxy groups -OCH3 is 1. The Morgan fingerprint density at radius 3 is 2.59 bits per heavy atom. The van der Waals surface area contributed by atoms with E-state index in [2.05, 4.69) is 20.3 Å². The van der Waals surface area contributed by atoms with Gasteiger partial charge in [-0.1, -0.05) is 17.3 Å². The van der Waals surface area contributed by atoms with Crippen LogP contribution in [0.25, 0.3) is 22.1 Å². The van der Waals surface area contributed by atoms with Crippen LogP contribution in [0.2, 0.25) is 0 Å². The summed E-state index contributed by atoms with van der Waals surface area (Å²) in [5, 5.41) is 9.41. The van der Waals surface area contributed by atoms with Crippen molar-refractivity contribution >= 4 is 31.9 Å². The van der Waals surface area contributed by atoms with Crippen LogP contribution in [0.3, 0.4) is 0 Å². The molecule has 0 atom stereocenters. The summed E-state index contributed by atoms with van der Waals surface area (Å²) in [6.07, 6.45) is 1.76. The van der Waals surface area contributed by atoms with E-state index in [1.165, 1.54) is 19.2 Å². The van der Waals surface area contributed by atoms with E-state index in [0.29, 0.717) is 29.2 Å². The van der Waals surface area contributed by atoms with Crippen molar-refractivity contribution in [1.29, 1.82) is 0 Å². The monoisotopic (exact) mass is 445 g/mol. The van der Waals surface area contributed by atoms with Crippen LogP contribution < -0.4 is 4.74 Å². The number of pyridine rings is 2. The van der Waals surface area contributed by atoms with Gasteiger partial charge in [0, 0.05) is 11.6 Å². The van der Waals surface area contributed by atoms with Gasteiger partial charge in [0.05, 0.1) is 35.5 Å². The fourth-order valence-corrected chi connectivity index (χ4v) is 4.80. The molecule has 0 radical (unpaired) electrons. The predicted octanol–water partition coefficient (Wildman–Crippen LogP) is 3.41. The van der Waals surface area contributed by atoms with Crippen LogP contribution in [0.15, 0.2) is 77.8 Å². The third-order valence-electron chi connectivity index (χ3n) is 5.17. The van der Waals surface area contributed by atoms with Gasteiger partial charge in [-0.05, 0) is 60.2 Å². The molecule has 0 aliphatic carbocycles. The van der Waals surface area contributed by atoms with Crippen LogP contribution >= 0.6 is 0 Å². The second-order valence-electron chi connectivity index (χ2n) is 7.36.